The lowest BCUT2D eigenvalue weighted by molar-refractivity contribution is -0.141. The Hall–Kier alpha value is -0.650. The predicted octanol–water partition coefficient (Wildman–Crippen LogP) is 3.27. The molecule has 15 heavy (non-hydrogen) atoms. The lowest BCUT2D eigenvalue weighted by atomic mass is 10.2. The Balaban J connectivity index is 2.42. The molecular weight excluding hydrogens is 273 g/mol. The van der Waals surface area contributed by atoms with E-state index < -0.39 is 11.9 Å². The maximum Gasteiger partial charge on any atom is 0.433 e. The van der Waals surface area contributed by atoms with Crippen LogP contribution in [0.3, 0.4) is 0 Å². The van der Waals surface area contributed by atoms with Crippen molar-refractivity contribution in [3.05, 3.63) is 23.3 Å². The van der Waals surface area contributed by atoms with Gasteiger partial charge in [0, 0.05) is 23.0 Å². The standard InChI is InChI=1S/C9H8BrF3N2/c10-3-6-4-14-8(5-1-2-5)15-7(6)9(11,12)13/h4-5H,1-3H2. The SMILES string of the molecule is FC(F)(F)c1nc(C2CC2)ncc1CBr. The molecule has 1 aliphatic carbocycles. The summed E-state index contributed by atoms with van der Waals surface area (Å²) in [6.07, 6.45) is -1.34. The van der Waals surface area contributed by atoms with Gasteiger partial charge in [-0.25, -0.2) is 9.97 Å². The fraction of sp³-hybridized carbons (Fsp3) is 0.556. The highest BCUT2D eigenvalue weighted by Gasteiger charge is 2.37. The zero-order valence-electron chi connectivity index (χ0n) is 7.68. The van der Waals surface area contributed by atoms with Gasteiger partial charge in [-0.15, -0.1) is 0 Å². The lowest BCUT2D eigenvalue weighted by Gasteiger charge is -2.10. The lowest BCUT2D eigenvalue weighted by Crippen LogP contribution is -2.13. The van der Waals surface area contributed by atoms with Gasteiger partial charge in [-0.2, -0.15) is 13.2 Å². The molecule has 1 saturated carbocycles. The van der Waals surface area contributed by atoms with Crippen LogP contribution in [-0.4, -0.2) is 9.97 Å². The molecule has 0 bridgehead atoms. The third-order valence-corrected chi connectivity index (χ3v) is 2.84. The molecule has 2 rings (SSSR count). The molecule has 0 radical (unpaired) electrons. The Morgan fingerprint density at radius 3 is 2.53 bits per heavy atom. The maximum absolute atomic E-state index is 12.6. The largest absolute Gasteiger partial charge is 0.433 e. The molecule has 1 aliphatic rings. The summed E-state index contributed by atoms with van der Waals surface area (Å²) in [4.78, 5) is 7.56. The van der Waals surface area contributed by atoms with Crippen molar-refractivity contribution in [1.29, 1.82) is 0 Å². The normalized spacial score (nSPS) is 16.8. The Kier molecular flexibility index (Phi) is 2.70. The zero-order chi connectivity index (χ0) is 11.1. The van der Waals surface area contributed by atoms with Crippen molar-refractivity contribution in [2.45, 2.75) is 30.3 Å². The second-order valence-corrected chi connectivity index (χ2v) is 4.07. The van der Waals surface area contributed by atoms with Crippen LogP contribution in [0.1, 0.15) is 35.8 Å². The summed E-state index contributed by atoms with van der Waals surface area (Å²) in [5, 5.41) is 0.118. The van der Waals surface area contributed by atoms with Crippen LogP contribution in [-0.2, 0) is 11.5 Å². The first-order chi connectivity index (χ1) is 7.02. The van der Waals surface area contributed by atoms with Crippen molar-refractivity contribution in [1.82, 2.24) is 9.97 Å². The number of hydrogen-bond acceptors (Lipinski definition) is 2. The molecule has 1 heterocycles. The van der Waals surface area contributed by atoms with Crippen LogP contribution in [0.5, 0.6) is 0 Å². The van der Waals surface area contributed by atoms with Crippen LogP contribution in [0.4, 0.5) is 13.2 Å². The van der Waals surface area contributed by atoms with E-state index in [9.17, 15) is 13.2 Å². The van der Waals surface area contributed by atoms with Gasteiger partial charge in [0.1, 0.15) is 5.82 Å². The first-order valence-electron chi connectivity index (χ1n) is 4.51. The van der Waals surface area contributed by atoms with Crippen LogP contribution in [0.2, 0.25) is 0 Å². The minimum atomic E-state index is -4.39. The van der Waals surface area contributed by atoms with Gasteiger partial charge in [-0.3, -0.25) is 0 Å². The summed E-state index contributed by atoms with van der Waals surface area (Å²) < 4.78 is 37.8. The number of halogens is 4. The van der Waals surface area contributed by atoms with Gasteiger partial charge in [-0.1, -0.05) is 15.9 Å². The van der Waals surface area contributed by atoms with Gasteiger partial charge in [0.15, 0.2) is 5.69 Å². The van der Waals surface area contributed by atoms with E-state index in [4.69, 9.17) is 0 Å². The van der Waals surface area contributed by atoms with Gasteiger partial charge in [0.05, 0.1) is 0 Å². The van der Waals surface area contributed by atoms with Crippen LogP contribution < -0.4 is 0 Å². The van der Waals surface area contributed by atoms with Gasteiger partial charge < -0.3 is 0 Å². The first kappa shape index (κ1) is 10.9. The van der Waals surface area contributed by atoms with E-state index in [-0.39, 0.29) is 16.8 Å². The molecule has 0 amide bonds. The van der Waals surface area contributed by atoms with Gasteiger partial charge in [0.2, 0.25) is 0 Å². The quantitative estimate of drug-likeness (QED) is 0.777. The monoisotopic (exact) mass is 280 g/mol. The molecule has 2 nitrogen and oxygen atoms in total. The Labute approximate surface area is 93.1 Å². The van der Waals surface area contributed by atoms with E-state index in [2.05, 4.69) is 25.9 Å². The number of rotatable bonds is 2. The second-order valence-electron chi connectivity index (χ2n) is 3.51. The minimum Gasteiger partial charge on any atom is -0.241 e. The fourth-order valence-electron chi connectivity index (χ4n) is 1.30. The van der Waals surface area contributed by atoms with E-state index in [0.717, 1.165) is 12.8 Å². The molecule has 0 unspecified atom stereocenters. The van der Waals surface area contributed by atoms with Gasteiger partial charge >= 0.3 is 6.18 Å². The number of hydrogen-bond donors (Lipinski definition) is 0. The minimum absolute atomic E-state index is 0.0897. The molecule has 0 saturated heterocycles. The average molecular weight is 281 g/mol. The Morgan fingerprint density at radius 2 is 2.07 bits per heavy atom. The summed E-state index contributed by atoms with van der Waals surface area (Å²) in [5.74, 6) is 0.461. The van der Waals surface area contributed by atoms with Crippen LogP contribution >= 0.6 is 15.9 Å². The summed E-state index contributed by atoms with van der Waals surface area (Å²) in [7, 11) is 0. The molecule has 1 aromatic rings. The van der Waals surface area contributed by atoms with Crippen molar-refractivity contribution in [2.75, 3.05) is 0 Å². The molecule has 0 N–H and O–H groups in total. The Morgan fingerprint density at radius 1 is 1.40 bits per heavy atom. The molecule has 1 aromatic heterocycles. The average Bonchev–Trinajstić information content (AvgIpc) is 2.98. The highest BCUT2D eigenvalue weighted by Crippen LogP contribution is 2.39. The molecule has 1 fully saturated rings. The van der Waals surface area contributed by atoms with E-state index in [0.29, 0.717) is 5.82 Å². The number of nitrogens with zero attached hydrogens (tertiary/aromatic N) is 2. The second kappa shape index (κ2) is 3.73. The Bertz CT molecular complexity index is 374. The molecule has 0 aliphatic heterocycles. The number of alkyl halides is 4. The predicted molar refractivity (Wildman–Crippen MR) is 51.6 cm³/mol. The summed E-state index contributed by atoms with van der Waals surface area (Å²) in [5.41, 5.74) is -0.719. The summed E-state index contributed by atoms with van der Waals surface area (Å²) in [6.45, 7) is 0. The maximum atomic E-state index is 12.6. The molecular formula is C9H8BrF3N2. The highest BCUT2D eigenvalue weighted by atomic mass is 79.9. The molecule has 0 aromatic carbocycles. The highest BCUT2D eigenvalue weighted by molar-refractivity contribution is 9.08. The molecule has 0 atom stereocenters. The fourth-order valence-corrected chi connectivity index (χ4v) is 1.71. The number of aromatic nitrogens is 2. The summed E-state index contributed by atoms with van der Waals surface area (Å²) in [6, 6.07) is 0. The zero-order valence-corrected chi connectivity index (χ0v) is 9.27. The van der Waals surface area contributed by atoms with Crippen molar-refractivity contribution < 1.29 is 13.2 Å². The molecule has 0 spiro atoms. The van der Waals surface area contributed by atoms with Crippen LogP contribution in [0, 0.1) is 0 Å². The molecule has 6 heteroatoms. The summed E-state index contributed by atoms with van der Waals surface area (Å²) >= 11 is 3.00. The van der Waals surface area contributed by atoms with Crippen molar-refractivity contribution in [2.24, 2.45) is 0 Å². The van der Waals surface area contributed by atoms with Gasteiger partial charge in [0.25, 0.3) is 0 Å². The van der Waals surface area contributed by atoms with Gasteiger partial charge in [-0.05, 0) is 12.8 Å². The van der Waals surface area contributed by atoms with E-state index in [1.165, 1.54) is 6.20 Å². The topological polar surface area (TPSA) is 25.8 Å². The van der Waals surface area contributed by atoms with Crippen LogP contribution in [0.25, 0.3) is 0 Å². The third-order valence-electron chi connectivity index (χ3n) is 2.24. The third kappa shape index (κ3) is 2.30. The molecule has 82 valence electrons. The van der Waals surface area contributed by atoms with E-state index in [1.54, 1.807) is 0 Å². The van der Waals surface area contributed by atoms with E-state index in [1.807, 2.05) is 0 Å². The van der Waals surface area contributed by atoms with E-state index >= 15 is 0 Å². The smallest absolute Gasteiger partial charge is 0.241 e. The first-order valence-corrected chi connectivity index (χ1v) is 5.63. The van der Waals surface area contributed by atoms with Crippen molar-refractivity contribution in [3.8, 4) is 0 Å². The van der Waals surface area contributed by atoms with Crippen LogP contribution in [0.15, 0.2) is 6.20 Å². The van der Waals surface area contributed by atoms with Crippen molar-refractivity contribution in [3.63, 3.8) is 0 Å². The van der Waals surface area contributed by atoms with Crippen molar-refractivity contribution >= 4 is 15.9 Å².